The zero-order valence-electron chi connectivity index (χ0n) is 13.3. The highest BCUT2D eigenvalue weighted by Gasteiger charge is 2.25. The van der Waals surface area contributed by atoms with Gasteiger partial charge in [-0.1, -0.05) is 6.07 Å². The first-order valence-electron chi connectivity index (χ1n) is 7.30. The third-order valence-corrected chi connectivity index (χ3v) is 3.50. The van der Waals surface area contributed by atoms with Crippen molar-refractivity contribution in [3.8, 4) is 0 Å². The number of hydrogen-bond acceptors (Lipinski definition) is 4. The number of hydrogen-bond donors (Lipinski definition) is 3. The number of benzene rings is 1. The Labute approximate surface area is 141 Å². The van der Waals surface area contributed by atoms with Crippen LogP contribution in [0, 0.1) is 0 Å². The molecule has 0 radical (unpaired) electrons. The molecule has 1 atom stereocenters. The van der Waals surface area contributed by atoms with E-state index in [-0.39, 0.29) is 31.0 Å². The normalized spacial score (nSPS) is 13.8. The number of carbonyl (C=O) groups excluding carboxylic acids is 2. The van der Waals surface area contributed by atoms with E-state index in [9.17, 15) is 9.59 Å². The standard InChI is InChI=1S/C15H22N4O3.ClH/c1-3-17-15(21)19-7-6-10-4-5-11(8-13(10)19)18-14(20)12(16)9-22-2;/h4-5,8,12H,3,6-7,9,16H2,1-2H3,(H,17,21)(H,18,20);1H. The molecule has 0 aromatic heterocycles. The van der Waals surface area contributed by atoms with Crippen LogP contribution in [0.15, 0.2) is 18.2 Å². The first-order valence-corrected chi connectivity index (χ1v) is 7.30. The summed E-state index contributed by atoms with van der Waals surface area (Å²) in [5.41, 5.74) is 8.22. The molecule has 3 amide bonds. The Balaban J connectivity index is 0.00000264. The Kier molecular flexibility index (Phi) is 7.28. The number of nitrogens with two attached hydrogens (primary N) is 1. The third-order valence-electron chi connectivity index (χ3n) is 3.50. The van der Waals surface area contributed by atoms with E-state index in [1.165, 1.54) is 7.11 Å². The van der Waals surface area contributed by atoms with Gasteiger partial charge >= 0.3 is 6.03 Å². The van der Waals surface area contributed by atoms with Crippen molar-refractivity contribution < 1.29 is 14.3 Å². The molecule has 128 valence electrons. The van der Waals surface area contributed by atoms with Crippen LogP contribution in [0.1, 0.15) is 12.5 Å². The van der Waals surface area contributed by atoms with E-state index in [1.807, 2.05) is 19.1 Å². The van der Waals surface area contributed by atoms with Gasteiger partial charge in [0.1, 0.15) is 6.04 Å². The Morgan fingerprint density at radius 2 is 2.17 bits per heavy atom. The molecule has 0 bridgehead atoms. The highest BCUT2D eigenvalue weighted by molar-refractivity contribution is 5.98. The second kappa shape index (κ2) is 8.71. The summed E-state index contributed by atoms with van der Waals surface area (Å²) >= 11 is 0. The molecular formula is C15H23ClN4O3. The molecule has 1 aliphatic rings. The molecule has 0 saturated carbocycles. The van der Waals surface area contributed by atoms with Crippen molar-refractivity contribution in [3.05, 3.63) is 23.8 Å². The Morgan fingerprint density at radius 1 is 1.43 bits per heavy atom. The van der Waals surface area contributed by atoms with E-state index in [0.29, 0.717) is 18.8 Å². The second-order valence-electron chi connectivity index (χ2n) is 5.13. The van der Waals surface area contributed by atoms with Crippen LogP contribution in [0.2, 0.25) is 0 Å². The minimum Gasteiger partial charge on any atom is -0.383 e. The Bertz CT molecular complexity index is 568. The van der Waals surface area contributed by atoms with Crippen molar-refractivity contribution in [2.24, 2.45) is 5.73 Å². The van der Waals surface area contributed by atoms with Crippen molar-refractivity contribution in [1.82, 2.24) is 5.32 Å². The molecule has 1 heterocycles. The van der Waals surface area contributed by atoms with Gasteiger partial charge in [0.25, 0.3) is 0 Å². The Hall–Kier alpha value is -1.83. The lowest BCUT2D eigenvalue weighted by atomic mass is 10.1. The molecule has 0 saturated heterocycles. The summed E-state index contributed by atoms with van der Waals surface area (Å²) in [5.74, 6) is -0.315. The summed E-state index contributed by atoms with van der Waals surface area (Å²) in [6.07, 6.45) is 0.809. The highest BCUT2D eigenvalue weighted by Crippen LogP contribution is 2.30. The summed E-state index contributed by atoms with van der Waals surface area (Å²) in [6.45, 7) is 3.25. The minimum atomic E-state index is -0.724. The van der Waals surface area contributed by atoms with E-state index in [0.717, 1.165) is 17.7 Å². The maximum absolute atomic E-state index is 12.0. The van der Waals surface area contributed by atoms with E-state index < -0.39 is 6.04 Å². The fourth-order valence-electron chi connectivity index (χ4n) is 2.40. The molecule has 2 rings (SSSR count). The van der Waals surface area contributed by atoms with Gasteiger partial charge in [-0.05, 0) is 31.0 Å². The number of amides is 3. The molecule has 23 heavy (non-hydrogen) atoms. The molecule has 4 N–H and O–H groups in total. The van der Waals surface area contributed by atoms with Crippen LogP contribution in [0.3, 0.4) is 0 Å². The lowest BCUT2D eigenvalue weighted by Gasteiger charge is -2.18. The fraction of sp³-hybridized carbons (Fsp3) is 0.467. The number of nitrogens with zero attached hydrogens (tertiary/aromatic N) is 1. The number of methoxy groups -OCH3 is 1. The van der Waals surface area contributed by atoms with Gasteiger partial charge in [-0.15, -0.1) is 12.4 Å². The van der Waals surface area contributed by atoms with E-state index in [1.54, 1.807) is 11.0 Å². The van der Waals surface area contributed by atoms with Gasteiger partial charge in [-0.25, -0.2) is 4.79 Å². The van der Waals surface area contributed by atoms with Crippen molar-refractivity contribution in [2.75, 3.05) is 37.0 Å². The van der Waals surface area contributed by atoms with Crippen LogP contribution >= 0.6 is 12.4 Å². The molecule has 1 aromatic rings. The summed E-state index contributed by atoms with van der Waals surface area (Å²) < 4.78 is 4.86. The molecule has 8 heteroatoms. The maximum atomic E-state index is 12.0. The minimum absolute atomic E-state index is 0. The van der Waals surface area contributed by atoms with Crippen LogP contribution in [0.25, 0.3) is 0 Å². The predicted octanol–water partition coefficient (Wildman–Crippen LogP) is 1.11. The van der Waals surface area contributed by atoms with Crippen LogP contribution in [-0.2, 0) is 16.0 Å². The largest absolute Gasteiger partial charge is 0.383 e. The fourth-order valence-corrected chi connectivity index (χ4v) is 2.40. The zero-order valence-corrected chi connectivity index (χ0v) is 14.1. The first-order chi connectivity index (χ1) is 10.6. The quantitative estimate of drug-likeness (QED) is 0.746. The van der Waals surface area contributed by atoms with Crippen LogP contribution < -0.4 is 21.3 Å². The van der Waals surface area contributed by atoms with Crippen molar-refractivity contribution in [3.63, 3.8) is 0 Å². The van der Waals surface area contributed by atoms with Gasteiger partial charge < -0.3 is 21.1 Å². The molecule has 0 fully saturated rings. The van der Waals surface area contributed by atoms with E-state index in [4.69, 9.17) is 10.5 Å². The maximum Gasteiger partial charge on any atom is 0.321 e. The van der Waals surface area contributed by atoms with Crippen LogP contribution in [-0.4, -0.2) is 44.8 Å². The number of rotatable bonds is 5. The van der Waals surface area contributed by atoms with Crippen molar-refractivity contribution in [1.29, 1.82) is 0 Å². The van der Waals surface area contributed by atoms with Gasteiger partial charge in [0, 0.05) is 25.9 Å². The second-order valence-corrected chi connectivity index (χ2v) is 5.13. The zero-order chi connectivity index (χ0) is 16.1. The summed E-state index contributed by atoms with van der Waals surface area (Å²) in [7, 11) is 1.49. The van der Waals surface area contributed by atoms with Crippen molar-refractivity contribution in [2.45, 2.75) is 19.4 Å². The number of anilines is 2. The molecular weight excluding hydrogens is 320 g/mol. The predicted molar refractivity (Wildman–Crippen MR) is 92.3 cm³/mol. The van der Waals surface area contributed by atoms with Gasteiger partial charge in [0.05, 0.1) is 12.3 Å². The Morgan fingerprint density at radius 3 is 2.83 bits per heavy atom. The monoisotopic (exact) mass is 342 g/mol. The molecule has 1 aromatic carbocycles. The molecule has 1 aliphatic heterocycles. The first kappa shape index (κ1) is 19.2. The third kappa shape index (κ3) is 4.57. The van der Waals surface area contributed by atoms with Gasteiger partial charge in [0.15, 0.2) is 0 Å². The number of carbonyl (C=O) groups is 2. The summed E-state index contributed by atoms with van der Waals surface area (Å²) in [5, 5.41) is 5.53. The number of fused-ring (bicyclic) bond motifs is 1. The molecule has 0 spiro atoms. The number of urea groups is 1. The topological polar surface area (TPSA) is 96.7 Å². The number of halogens is 1. The number of nitrogens with one attached hydrogen (secondary N) is 2. The molecule has 0 aliphatic carbocycles. The number of ether oxygens (including phenoxy) is 1. The average molecular weight is 343 g/mol. The lowest BCUT2D eigenvalue weighted by molar-refractivity contribution is -0.118. The van der Waals surface area contributed by atoms with Crippen LogP contribution in [0.5, 0.6) is 0 Å². The molecule has 1 unspecified atom stereocenters. The smallest absolute Gasteiger partial charge is 0.321 e. The highest BCUT2D eigenvalue weighted by atomic mass is 35.5. The van der Waals surface area contributed by atoms with Crippen LogP contribution in [0.4, 0.5) is 16.2 Å². The van der Waals surface area contributed by atoms with E-state index >= 15 is 0 Å². The van der Waals surface area contributed by atoms with Gasteiger partial charge in [-0.2, -0.15) is 0 Å². The van der Waals surface area contributed by atoms with E-state index in [2.05, 4.69) is 10.6 Å². The van der Waals surface area contributed by atoms with Crippen molar-refractivity contribution >= 4 is 35.7 Å². The molecule has 7 nitrogen and oxygen atoms in total. The lowest BCUT2D eigenvalue weighted by Crippen LogP contribution is -2.39. The average Bonchev–Trinajstić information content (AvgIpc) is 2.91. The summed E-state index contributed by atoms with van der Waals surface area (Å²) in [4.78, 5) is 25.6. The summed E-state index contributed by atoms with van der Waals surface area (Å²) in [6, 6.07) is 4.69. The SMILES string of the molecule is CCNC(=O)N1CCc2ccc(NC(=O)C(N)COC)cc21.Cl. The van der Waals surface area contributed by atoms with Gasteiger partial charge in [0.2, 0.25) is 5.91 Å². The van der Waals surface area contributed by atoms with Gasteiger partial charge in [-0.3, -0.25) is 9.69 Å².